The molecule has 34 heavy (non-hydrogen) atoms. The van der Waals surface area contributed by atoms with E-state index in [-0.39, 0.29) is 17.7 Å². The van der Waals surface area contributed by atoms with Gasteiger partial charge in [-0.2, -0.15) is 0 Å². The van der Waals surface area contributed by atoms with Gasteiger partial charge in [0.25, 0.3) is 0 Å². The van der Waals surface area contributed by atoms with Crippen LogP contribution in [0.4, 0.5) is 5.69 Å². The van der Waals surface area contributed by atoms with Crippen molar-refractivity contribution in [2.75, 3.05) is 5.32 Å². The number of amides is 1. The van der Waals surface area contributed by atoms with Crippen LogP contribution in [-0.2, 0) is 4.79 Å². The van der Waals surface area contributed by atoms with Crippen LogP contribution in [0.1, 0.15) is 106 Å². The van der Waals surface area contributed by atoms with Crippen molar-refractivity contribution in [2.45, 2.75) is 103 Å². The second kappa shape index (κ2) is 8.78. The fourth-order valence-corrected chi connectivity index (χ4v) is 6.40. The van der Waals surface area contributed by atoms with Gasteiger partial charge in [-0.05, 0) is 89.2 Å². The molecule has 1 aromatic carbocycles. The first-order valence-electron chi connectivity index (χ1n) is 13.2. The zero-order valence-electron chi connectivity index (χ0n) is 21.3. The molecule has 0 aliphatic heterocycles. The highest BCUT2D eigenvalue weighted by atomic mass is 16.3. The maximum Gasteiger partial charge on any atom is 0.228 e. The molecule has 6 heteroatoms. The molecule has 0 radical (unpaired) electrons. The first-order chi connectivity index (χ1) is 16.1. The topological polar surface area (TPSA) is 80.0 Å². The van der Waals surface area contributed by atoms with Gasteiger partial charge in [0.05, 0.1) is 11.5 Å². The lowest BCUT2D eigenvalue weighted by Gasteiger charge is -2.36. The van der Waals surface area contributed by atoms with E-state index in [2.05, 4.69) is 36.7 Å². The second-order valence-electron chi connectivity index (χ2n) is 12.1. The molecule has 6 nitrogen and oxygen atoms in total. The van der Waals surface area contributed by atoms with Crippen molar-refractivity contribution in [3.63, 3.8) is 0 Å². The summed E-state index contributed by atoms with van der Waals surface area (Å²) < 4.78 is 2.37. The minimum atomic E-state index is -0.881. The van der Waals surface area contributed by atoms with Crippen LogP contribution >= 0.6 is 0 Å². The second-order valence-corrected chi connectivity index (χ2v) is 12.1. The van der Waals surface area contributed by atoms with E-state index in [1.54, 1.807) is 0 Å². The van der Waals surface area contributed by atoms with Crippen molar-refractivity contribution in [3.05, 3.63) is 41.0 Å². The van der Waals surface area contributed by atoms with Gasteiger partial charge in [0.2, 0.25) is 5.91 Å². The summed E-state index contributed by atoms with van der Waals surface area (Å²) in [5.74, 6) is 3.59. The van der Waals surface area contributed by atoms with Crippen molar-refractivity contribution in [1.82, 2.24) is 14.8 Å². The summed E-state index contributed by atoms with van der Waals surface area (Å²) in [7, 11) is 0. The lowest BCUT2D eigenvalue weighted by atomic mass is 9.71. The number of carbonyl (C=O) groups is 1. The highest BCUT2D eigenvalue weighted by Crippen LogP contribution is 2.51. The molecular formula is C28H40N4O2. The third kappa shape index (κ3) is 4.66. The Labute approximate surface area is 203 Å². The Hall–Kier alpha value is -2.21. The maximum absolute atomic E-state index is 13.5. The molecule has 1 heterocycles. The number of aromatic nitrogens is 3. The number of hydrogen-bond acceptors (Lipinski definition) is 4. The van der Waals surface area contributed by atoms with Crippen LogP contribution in [0, 0.1) is 31.6 Å². The zero-order chi connectivity index (χ0) is 24.2. The van der Waals surface area contributed by atoms with Crippen LogP contribution in [0.3, 0.4) is 0 Å². The number of hydrogen-bond donors (Lipinski definition) is 2. The molecule has 0 saturated heterocycles. The monoisotopic (exact) mass is 464 g/mol. The van der Waals surface area contributed by atoms with Gasteiger partial charge >= 0.3 is 0 Å². The standard InChI is InChI=1S/C28H40N4O2/c1-16(2)10-19-12-20(13-19)25-30-31-26(32(25)21-7-8-21)22-14-28(5,34)15-23(22)27(33)29-24-9-6-17(3)11-18(24)4/h6,9,11,16,19-23,34H,7-8,10,12-15H2,1-5H3,(H,29,33)/t19-,20+,22-,23-,28+/m1/s1. The molecule has 3 atom stereocenters. The molecule has 3 aliphatic rings. The lowest BCUT2D eigenvalue weighted by molar-refractivity contribution is -0.120. The van der Waals surface area contributed by atoms with Crippen molar-refractivity contribution in [2.24, 2.45) is 17.8 Å². The third-order valence-corrected chi connectivity index (χ3v) is 8.18. The molecule has 0 unspecified atom stereocenters. The summed E-state index contributed by atoms with van der Waals surface area (Å²) in [4.78, 5) is 13.5. The lowest BCUT2D eigenvalue weighted by Crippen LogP contribution is -2.28. The van der Waals surface area contributed by atoms with Crippen molar-refractivity contribution < 1.29 is 9.90 Å². The van der Waals surface area contributed by atoms with Gasteiger partial charge in [0.1, 0.15) is 11.6 Å². The summed E-state index contributed by atoms with van der Waals surface area (Å²) in [6.07, 6.45) is 6.98. The molecule has 3 aliphatic carbocycles. The molecule has 0 spiro atoms. The molecule has 2 N–H and O–H groups in total. The SMILES string of the molecule is Cc1ccc(NC(=O)[C@@H]2C[C@@](C)(O)C[C@H]2c2nnc([C@H]3C[C@@H](CC(C)C)C3)n2C2CC2)c(C)c1. The van der Waals surface area contributed by atoms with Crippen molar-refractivity contribution in [3.8, 4) is 0 Å². The number of aryl methyl sites for hydroxylation is 2. The predicted octanol–water partition coefficient (Wildman–Crippen LogP) is 5.65. The first kappa shape index (κ1) is 23.5. The zero-order valence-corrected chi connectivity index (χ0v) is 21.3. The Morgan fingerprint density at radius 3 is 2.53 bits per heavy atom. The minimum absolute atomic E-state index is 0.0257. The van der Waals surface area contributed by atoms with Gasteiger partial charge in [-0.3, -0.25) is 4.79 Å². The number of rotatable bonds is 7. The van der Waals surface area contributed by atoms with E-state index in [1.807, 2.05) is 26.0 Å². The Kier molecular flexibility index (Phi) is 6.07. The van der Waals surface area contributed by atoms with E-state index in [1.165, 1.54) is 24.8 Å². The molecule has 2 aromatic rings. The Morgan fingerprint density at radius 1 is 1.18 bits per heavy atom. The van der Waals surface area contributed by atoms with E-state index in [4.69, 9.17) is 10.2 Å². The highest BCUT2D eigenvalue weighted by molar-refractivity contribution is 5.94. The van der Waals surface area contributed by atoms with E-state index in [0.29, 0.717) is 24.8 Å². The van der Waals surface area contributed by atoms with Gasteiger partial charge in [-0.25, -0.2) is 0 Å². The molecule has 1 aromatic heterocycles. The van der Waals surface area contributed by atoms with Gasteiger partial charge in [-0.1, -0.05) is 31.5 Å². The number of nitrogens with one attached hydrogen (secondary N) is 1. The number of anilines is 1. The summed E-state index contributed by atoms with van der Waals surface area (Å²) in [5, 5.41) is 23.6. The maximum atomic E-state index is 13.5. The Balaban J connectivity index is 1.39. The van der Waals surface area contributed by atoms with Crippen LogP contribution < -0.4 is 5.32 Å². The first-order valence-corrected chi connectivity index (χ1v) is 13.2. The molecule has 0 bridgehead atoms. The summed E-state index contributed by atoms with van der Waals surface area (Å²) in [5.41, 5.74) is 2.19. The summed E-state index contributed by atoms with van der Waals surface area (Å²) in [6.45, 7) is 10.5. The van der Waals surface area contributed by atoms with E-state index in [0.717, 1.165) is 47.6 Å². The number of aliphatic hydroxyl groups is 1. The number of benzene rings is 1. The Bertz CT molecular complexity index is 1060. The van der Waals surface area contributed by atoms with Gasteiger partial charge < -0.3 is 15.0 Å². The largest absolute Gasteiger partial charge is 0.390 e. The number of carbonyl (C=O) groups excluding carboxylic acids is 1. The fraction of sp³-hybridized carbons (Fsp3) is 0.679. The normalized spacial score (nSPS) is 31.0. The van der Waals surface area contributed by atoms with Gasteiger partial charge in [-0.15, -0.1) is 10.2 Å². The smallest absolute Gasteiger partial charge is 0.228 e. The highest BCUT2D eigenvalue weighted by Gasteiger charge is 2.49. The average Bonchev–Trinajstić information content (AvgIpc) is 3.38. The quantitative estimate of drug-likeness (QED) is 0.555. The van der Waals surface area contributed by atoms with E-state index < -0.39 is 5.60 Å². The fourth-order valence-electron chi connectivity index (χ4n) is 6.40. The molecular weight excluding hydrogens is 424 g/mol. The van der Waals surface area contributed by atoms with E-state index in [9.17, 15) is 9.90 Å². The average molecular weight is 465 g/mol. The van der Waals surface area contributed by atoms with Crippen LogP contribution in [-0.4, -0.2) is 31.4 Å². The van der Waals surface area contributed by atoms with Crippen LogP contribution in [0.5, 0.6) is 0 Å². The summed E-state index contributed by atoms with van der Waals surface area (Å²) >= 11 is 0. The molecule has 3 fully saturated rings. The van der Waals surface area contributed by atoms with Gasteiger partial charge in [0.15, 0.2) is 0 Å². The van der Waals surface area contributed by atoms with E-state index >= 15 is 0 Å². The van der Waals surface area contributed by atoms with Crippen molar-refractivity contribution >= 4 is 11.6 Å². The molecule has 5 rings (SSSR count). The molecule has 1 amide bonds. The minimum Gasteiger partial charge on any atom is -0.390 e. The Morgan fingerprint density at radius 2 is 1.88 bits per heavy atom. The van der Waals surface area contributed by atoms with Gasteiger partial charge in [0, 0.05) is 23.6 Å². The van der Waals surface area contributed by atoms with Crippen LogP contribution in [0.25, 0.3) is 0 Å². The molecule has 184 valence electrons. The van der Waals surface area contributed by atoms with Crippen LogP contribution in [0.2, 0.25) is 0 Å². The number of nitrogens with zero attached hydrogens (tertiary/aromatic N) is 3. The predicted molar refractivity (Wildman–Crippen MR) is 134 cm³/mol. The summed E-state index contributed by atoms with van der Waals surface area (Å²) in [6, 6.07) is 6.53. The van der Waals surface area contributed by atoms with Crippen LogP contribution in [0.15, 0.2) is 18.2 Å². The third-order valence-electron chi connectivity index (χ3n) is 8.18. The molecule has 3 saturated carbocycles. The van der Waals surface area contributed by atoms with Crippen molar-refractivity contribution in [1.29, 1.82) is 0 Å².